The number of allylic oxidation sites excluding steroid dienone is 2. The molecule has 8 nitrogen and oxygen atoms in total. The van der Waals surface area contributed by atoms with Crippen LogP contribution in [0.1, 0.15) is 24.3 Å². The van der Waals surface area contributed by atoms with Crippen molar-refractivity contribution in [2.24, 2.45) is 17.8 Å². The van der Waals surface area contributed by atoms with E-state index in [-0.39, 0.29) is 41.5 Å². The molecule has 3 aromatic carbocycles. The first-order chi connectivity index (χ1) is 21.8. The van der Waals surface area contributed by atoms with Gasteiger partial charge in [-0.05, 0) is 79.4 Å². The monoisotopic (exact) mass is 790 g/mol. The van der Waals surface area contributed by atoms with Gasteiger partial charge < -0.3 is 9.84 Å². The predicted octanol–water partition coefficient (Wildman–Crippen LogP) is 6.83. The molecule has 0 aromatic heterocycles. The second-order valence-corrected chi connectivity index (χ2v) is 14.9. The van der Waals surface area contributed by atoms with Gasteiger partial charge in [0.05, 0.1) is 30.3 Å². The second kappa shape index (κ2) is 10.9. The Balaban J connectivity index is 1.43. The molecule has 13 heteroatoms. The summed E-state index contributed by atoms with van der Waals surface area (Å²) in [6, 6.07) is 14.6. The number of rotatable bonds is 4. The first-order valence-corrected chi connectivity index (χ1v) is 16.6. The van der Waals surface area contributed by atoms with Gasteiger partial charge in [0.25, 0.3) is 11.8 Å². The number of phenolic OH excluding ortho intramolecular Hbond substituents is 1. The molecule has 1 N–H and O–H groups in total. The number of carbonyl (C=O) groups excluding carboxylic acids is 4. The number of phenols is 1. The van der Waals surface area contributed by atoms with Crippen molar-refractivity contribution in [2.75, 3.05) is 16.9 Å². The van der Waals surface area contributed by atoms with Gasteiger partial charge in [-0.15, -0.1) is 23.2 Å². The largest absolute Gasteiger partial charge is 0.504 e. The van der Waals surface area contributed by atoms with Gasteiger partial charge in [0.15, 0.2) is 21.2 Å². The number of aromatic hydroxyl groups is 1. The summed E-state index contributed by atoms with van der Waals surface area (Å²) >= 11 is 21.6. The van der Waals surface area contributed by atoms with Crippen molar-refractivity contribution in [2.45, 2.75) is 28.5 Å². The van der Waals surface area contributed by atoms with Crippen LogP contribution in [0, 0.1) is 23.6 Å². The fourth-order valence-corrected chi connectivity index (χ4v) is 9.20. The molecule has 2 aliphatic heterocycles. The molecule has 4 aliphatic rings. The normalized spacial score (nSPS) is 30.3. The van der Waals surface area contributed by atoms with Crippen LogP contribution in [0.2, 0.25) is 0 Å². The van der Waals surface area contributed by atoms with Crippen molar-refractivity contribution in [3.63, 3.8) is 0 Å². The zero-order chi connectivity index (χ0) is 32.9. The lowest BCUT2D eigenvalue weighted by molar-refractivity contribution is -0.125. The Morgan fingerprint density at radius 2 is 1.50 bits per heavy atom. The van der Waals surface area contributed by atoms with E-state index in [1.54, 1.807) is 36.4 Å². The van der Waals surface area contributed by atoms with E-state index in [9.17, 15) is 28.7 Å². The SMILES string of the molecule is COc1cc(Br)cc(C2C3=CCC4C(=O)N(c5ccc(Br)cc5)C(=O)C4C3CC3(Cl)C(=O)N(c4ccc(F)cc4)C(=O)C23Cl)c1O. The number of methoxy groups -OCH3 is 1. The molecule has 6 atom stereocenters. The Labute approximate surface area is 289 Å². The van der Waals surface area contributed by atoms with E-state index in [0.29, 0.717) is 15.7 Å². The van der Waals surface area contributed by atoms with E-state index >= 15 is 0 Å². The van der Waals surface area contributed by atoms with E-state index in [1.807, 2.05) is 0 Å². The molecule has 236 valence electrons. The molecule has 4 amide bonds. The maximum absolute atomic E-state index is 14.5. The molecule has 2 saturated heterocycles. The number of nitrogens with zero attached hydrogens (tertiary/aromatic N) is 2. The number of halogens is 5. The Kier molecular flexibility index (Phi) is 7.43. The molecular weight excluding hydrogens is 770 g/mol. The third-order valence-corrected chi connectivity index (χ3v) is 12.0. The molecule has 3 aromatic rings. The van der Waals surface area contributed by atoms with Crippen molar-refractivity contribution in [3.05, 3.63) is 92.6 Å². The fraction of sp³-hybridized carbons (Fsp3) is 0.273. The van der Waals surface area contributed by atoms with Crippen LogP contribution in [-0.2, 0) is 19.2 Å². The van der Waals surface area contributed by atoms with Crippen LogP contribution in [-0.4, -0.2) is 45.6 Å². The van der Waals surface area contributed by atoms with Gasteiger partial charge in [-0.1, -0.05) is 43.5 Å². The number of imide groups is 2. The molecule has 0 radical (unpaired) electrons. The number of hydrogen-bond donors (Lipinski definition) is 1. The Hall–Kier alpha value is -3.25. The zero-order valence-electron chi connectivity index (χ0n) is 23.8. The van der Waals surface area contributed by atoms with E-state index in [2.05, 4.69) is 31.9 Å². The van der Waals surface area contributed by atoms with Gasteiger partial charge in [0.2, 0.25) is 11.8 Å². The Bertz CT molecular complexity index is 1890. The van der Waals surface area contributed by atoms with Crippen molar-refractivity contribution < 1.29 is 33.4 Å². The highest BCUT2D eigenvalue weighted by molar-refractivity contribution is 9.10. The number of anilines is 2. The van der Waals surface area contributed by atoms with Gasteiger partial charge in [-0.25, -0.2) is 9.29 Å². The lowest BCUT2D eigenvalue weighted by atomic mass is 9.56. The second-order valence-electron chi connectivity index (χ2n) is 11.8. The topological polar surface area (TPSA) is 104 Å². The van der Waals surface area contributed by atoms with Crippen LogP contribution in [0.3, 0.4) is 0 Å². The number of fused-ring (bicyclic) bond motifs is 4. The molecule has 2 heterocycles. The summed E-state index contributed by atoms with van der Waals surface area (Å²) in [7, 11) is 1.36. The number of amides is 4. The first kappa shape index (κ1) is 31.4. The lowest BCUT2D eigenvalue weighted by Crippen LogP contribution is -2.60. The summed E-state index contributed by atoms with van der Waals surface area (Å²) in [5.74, 6) is -7.11. The molecule has 6 unspecified atom stereocenters. The van der Waals surface area contributed by atoms with Crippen LogP contribution >= 0.6 is 55.1 Å². The lowest BCUT2D eigenvalue weighted by Gasteiger charge is -2.50. The third kappa shape index (κ3) is 4.20. The molecule has 3 fully saturated rings. The summed E-state index contributed by atoms with van der Waals surface area (Å²) < 4.78 is 20.5. The summed E-state index contributed by atoms with van der Waals surface area (Å²) in [4.78, 5) is 54.5. The predicted molar refractivity (Wildman–Crippen MR) is 176 cm³/mol. The van der Waals surface area contributed by atoms with Crippen LogP contribution in [0.15, 0.2) is 81.3 Å². The van der Waals surface area contributed by atoms with Crippen LogP contribution in [0.4, 0.5) is 15.8 Å². The number of hydrogen-bond acceptors (Lipinski definition) is 6. The number of carbonyl (C=O) groups is 4. The zero-order valence-corrected chi connectivity index (χ0v) is 28.5. The maximum atomic E-state index is 14.5. The van der Waals surface area contributed by atoms with Gasteiger partial charge >= 0.3 is 0 Å². The highest BCUT2D eigenvalue weighted by Gasteiger charge is 2.77. The maximum Gasteiger partial charge on any atom is 0.258 e. The highest BCUT2D eigenvalue weighted by atomic mass is 79.9. The summed E-state index contributed by atoms with van der Waals surface area (Å²) in [5, 5.41) is 11.5. The van der Waals surface area contributed by atoms with Crippen LogP contribution in [0.5, 0.6) is 11.5 Å². The minimum Gasteiger partial charge on any atom is -0.504 e. The van der Waals surface area contributed by atoms with Crippen molar-refractivity contribution in [1.29, 1.82) is 0 Å². The first-order valence-electron chi connectivity index (χ1n) is 14.3. The summed E-state index contributed by atoms with van der Waals surface area (Å²) in [6.45, 7) is 0. The number of alkyl halides is 2. The fourth-order valence-electron chi connectivity index (χ4n) is 7.56. The molecule has 7 rings (SSSR count). The summed E-state index contributed by atoms with van der Waals surface area (Å²) in [6.07, 6.45) is 1.68. The van der Waals surface area contributed by atoms with Crippen LogP contribution < -0.4 is 14.5 Å². The van der Waals surface area contributed by atoms with E-state index in [1.165, 1.54) is 25.3 Å². The molecule has 0 spiro atoms. The van der Waals surface area contributed by atoms with Gasteiger partial charge in [-0.2, -0.15) is 0 Å². The average Bonchev–Trinajstić information content (AvgIpc) is 3.37. The minimum absolute atomic E-state index is 0.0593. The van der Waals surface area contributed by atoms with E-state index in [4.69, 9.17) is 27.9 Å². The molecule has 2 aliphatic carbocycles. The van der Waals surface area contributed by atoms with Crippen molar-refractivity contribution in [3.8, 4) is 11.5 Å². The van der Waals surface area contributed by atoms with E-state index < -0.39 is 57.0 Å². The molecule has 0 bridgehead atoms. The third-order valence-electron chi connectivity index (χ3n) is 9.58. The number of ether oxygens (including phenoxy) is 1. The van der Waals surface area contributed by atoms with Crippen LogP contribution in [0.25, 0.3) is 0 Å². The quantitative estimate of drug-likeness (QED) is 0.177. The van der Waals surface area contributed by atoms with Gasteiger partial charge in [0.1, 0.15) is 5.82 Å². The van der Waals surface area contributed by atoms with Gasteiger partial charge in [0, 0.05) is 20.4 Å². The Morgan fingerprint density at radius 1 is 0.870 bits per heavy atom. The molecular formula is C33H23Br2Cl2FN2O6. The molecule has 46 heavy (non-hydrogen) atoms. The minimum atomic E-state index is -2.20. The average molecular weight is 793 g/mol. The number of benzene rings is 3. The smallest absolute Gasteiger partial charge is 0.258 e. The Morgan fingerprint density at radius 3 is 2.15 bits per heavy atom. The van der Waals surface area contributed by atoms with E-state index in [0.717, 1.165) is 26.4 Å². The van der Waals surface area contributed by atoms with Crippen molar-refractivity contribution >= 4 is 90.1 Å². The highest BCUT2D eigenvalue weighted by Crippen LogP contribution is 2.67. The standard InChI is InChI=1S/C33H23Br2Cl2FN2O6/c1-46-24-13-16(35)12-22(27(24)41)26-20-10-11-21-25(29(43)39(28(21)42)18-6-2-15(34)3-7-18)23(20)14-32(36)30(44)40(31(45)33(26,32)37)19-8-4-17(38)5-9-19/h2-10,12-13,21,23,25-26,41H,11,14H2,1H3. The van der Waals surface area contributed by atoms with Crippen molar-refractivity contribution in [1.82, 2.24) is 0 Å². The van der Waals surface area contributed by atoms with Gasteiger partial charge in [-0.3, -0.25) is 24.1 Å². The summed E-state index contributed by atoms with van der Waals surface area (Å²) in [5.41, 5.74) is 1.11. The molecule has 1 saturated carbocycles.